The van der Waals surface area contributed by atoms with Gasteiger partial charge in [-0.15, -0.1) is 11.3 Å². The third-order valence-corrected chi connectivity index (χ3v) is 6.07. The summed E-state index contributed by atoms with van der Waals surface area (Å²) in [5.74, 6) is -0.0629. The van der Waals surface area contributed by atoms with Crippen LogP contribution in [0.5, 0.6) is 5.75 Å². The summed E-state index contributed by atoms with van der Waals surface area (Å²) in [6, 6.07) is 9.62. The summed E-state index contributed by atoms with van der Waals surface area (Å²) >= 11 is 1.55. The fourth-order valence-electron chi connectivity index (χ4n) is 3.70. The van der Waals surface area contributed by atoms with Crippen LogP contribution in [0.15, 0.2) is 48.1 Å². The van der Waals surface area contributed by atoms with Crippen molar-refractivity contribution in [2.75, 3.05) is 24.9 Å². The number of esters is 1. The van der Waals surface area contributed by atoms with E-state index in [0.29, 0.717) is 36.2 Å². The number of carbonyl (C=O) groups excluding carboxylic acids is 2. The van der Waals surface area contributed by atoms with Crippen molar-refractivity contribution in [2.45, 2.75) is 26.4 Å². The molecule has 2 N–H and O–H groups in total. The summed E-state index contributed by atoms with van der Waals surface area (Å²) in [4.78, 5) is 33.7. The zero-order valence-electron chi connectivity index (χ0n) is 19.1. The number of benzene rings is 1. The minimum absolute atomic E-state index is 0.255. The number of amides is 1. The lowest BCUT2D eigenvalue weighted by Gasteiger charge is -2.11. The van der Waals surface area contributed by atoms with Crippen LogP contribution in [0.1, 0.15) is 28.0 Å². The molecule has 3 heterocycles. The first-order valence-electron chi connectivity index (χ1n) is 10.6. The summed E-state index contributed by atoms with van der Waals surface area (Å²) in [5.41, 5.74) is 3.04. The molecule has 0 atom stereocenters. The third-order valence-electron chi connectivity index (χ3n) is 5.29. The number of hydrogen-bond donors (Lipinski definition) is 2. The first-order valence-corrected chi connectivity index (χ1v) is 11.5. The summed E-state index contributed by atoms with van der Waals surface area (Å²) in [6.07, 6.45) is 4.10. The van der Waals surface area contributed by atoms with Crippen LogP contribution >= 0.6 is 11.3 Å². The number of hydrogen-bond acceptors (Lipinski definition) is 8. The molecule has 1 aromatic carbocycles. The van der Waals surface area contributed by atoms with Crippen molar-refractivity contribution in [1.82, 2.24) is 14.5 Å². The topological polar surface area (TPSA) is 107 Å². The third kappa shape index (κ3) is 5.01. The van der Waals surface area contributed by atoms with Crippen LogP contribution in [-0.4, -0.2) is 40.6 Å². The van der Waals surface area contributed by atoms with Gasteiger partial charge in [-0.1, -0.05) is 12.1 Å². The van der Waals surface area contributed by atoms with Gasteiger partial charge in [-0.05, 0) is 30.2 Å². The van der Waals surface area contributed by atoms with Gasteiger partial charge in [0, 0.05) is 30.4 Å². The Morgan fingerprint density at radius 1 is 1.15 bits per heavy atom. The molecule has 0 saturated heterocycles. The number of aromatic nitrogens is 3. The zero-order valence-corrected chi connectivity index (χ0v) is 19.9. The number of anilines is 2. The molecule has 0 spiro atoms. The Bertz CT molecular complexity index is 1300. The van der Waals surface area contributed by atoms with E-state index in [1.165, 1.54) is 14.0 Å². The molecule has 0 bridgehead atoms. The van der Waals surface area contributed by atoms with Gasteiger partial charge in [0.25, 0.3) is 0 Å². The van der Waals surface area contributed by atoms with E-state index in [0.717, 1.165) is 22.0 Å². The Morgan fingerprint density at radius 2 is 1.94 bits per heavy atom. The Hall–Kier alpha value is -3.92. The summed E-state index contributed by atoms with van der Waals surface area (Å²) in [6.45, 7) is 2.41. The predicted molar refractivity (Wildman–Crippen MR) is 132 cm³/mol. The maximum Gasteiger partial charge on any atom is 0.356 e. The maximum atomic E-state index is 12.8. The second-order valence-electron chi connectivity index (χ2n) is 7.52. The highest BCUT2D eigenvalue weighted by atomic mass is 32.1. The van der Waals surface area contributed by atoms with E-state index < -0.39 is 5.97 Å². The van der Waals surface area contributed by atoms with Crippen molar-refractivity contribution < 1.29 is 19.1 Å². The van der Waals surface area contributed by atoms with E-state index in [-0.39, 0.29) is 11.6 Å². The van der Waals surface area contributed by atoms with Crippen LogP contribution in [0.4, 0.5) is 11.4 Å². The quantitative estimate of drug-likeness (QED) is 0.348. The van der Waals surface area contributed by atoms with Crippen LogP contribution in [-0.2, 0) is 29.0 Å². The molecular weight excluding hydrogens is 454 g/mol. The number of carbonyl (C=O) groups is 2. The zero-order chi connectivity index (χ0) is 24.1. The van der Waals surface area contributed by atoms with Crippen molar-refractivity contribution in [1.29, 1.82) is 0 Å². The van der Waals surface area contributed by atoms with Crippen LogP contribution < -0.4 is 15.4 Å². The standard InChI is InChI=1S/C24H25N5O4S/c1-15(30)28-21-19-12-17(26-14-20-25-9-11-34-20)13-27-23(19)29(22(21)24(31)33-3)10-8-16-4-6-18(32-2)7-5-16/h4-7,9,11-13,26H,8,10,14H2,1-3H3,(H,28,30). The van der Waals surface area contributed by atoms with Crippen molar-refractivity contribution >= 4 is 45.6 Å². The number of methoxy groups -OCH3 is 2. The van der Waals surface area contributed by atoms with Gasteiger partial charge >= 0.3 is 5.97 Å². The molecule has 1 amide bonds. The molecule has 0 radical (unpaired) electrons. The highest BCUT2D eigenvalue weighted by molar-refractivity contribution is 7.09. The maximum absolute atomic E-state index is 12.8. The Labute approximate surface area is 200 Å². The monoisotopic (exact) mass is 479 g/mol. The minimum Gasteiger partial charge on any atom is -0.497 e. The fraction of sp³-hybridized carbons (Fsp3) is 0.250. The van der Waals surface area contributed by atoms with E-state index in [9.17, 15) is 9.59 Å². The molecule has 0 fully saturated rings. The molecule has 0 saturated carbocycles. The smallest absolute Gasteiger partial charge is 0.356 e. The largest absolute Gasteiger partial charge is 0.497 e. The molecular formula is C24H25N5O4S. The van der Waals surface area contributed by atoms with Gasteiger partial charge in [0.1, 0.15) is 16.4 Å². The highest BCUT2D eigenvalue weighted by Crippen LogP contribution is 2.33. The van der Waals surface area contributed by atoms with Gasteiger partial charge in [-0.2, -0.15) is 0 Å². The van der Waals surface area contributed by atoms with Crippen LogP contribution in [0.2, 0.25) is 0 Å². The first kappa shape index (κ1) is 23.2. The Kier molecular flexibility index (Phi) is 7.07. The van der Waals surface area contributed by atoms with Crippen molar-refractivity contribution in [2.24, 2.45) is 0 Å². The number of ether oxygens (including phenoxy) is 2. The van der Waals surface area contributed by atoms with Crippen molar-refractivity contribution in [3.8, 4) is 5.75 Å². The number of aryl methyl sites for hydroxylation is 2. The second kappa shape index (κ2) is 10.3. The number of fused-ring (bicyclic) bond motifs is 1. The Balaban J connectivity index is 1.73. The second-order valence-corrected chi connectivity index (χ2v) is 8.50. The molecule has 0 aliphatic carbocycles. The van der Waals surface area contributed by atoms with Crippen molar-refractivity contribution in [3.63, 3.8) is 0 Å². The number of nitrogens with one attached hydrogen (secondary N) is 2. The van der Waals surface area contributed by atoms with Gasteiger partial charge in [-0.3, -0.25) is 4.79 Å². The first-order chi connectivity index (χ1) is 16.5. The lowest BCUT2D eigenvalue weighted by atomic mass is 10.1. The molecule has 4 aromatic rings. The SMILES string of the molecule is COC(=O)c1c(NC(C)=O)c2cc(NCc3nccs3)cnc2n1CCc1ccc(OC)cc1. The van der Waals surface area contributed by atoms with Gasteiger partial charge in [0.15, 0.2) is 5.69 Å². The highest BCUT2D eigenvalue weighted by Gasteiger charge is 2.25. The molecule has 3 aromatic heterocycles. The molecule has 9 nitrogen and oxygen atoms in total. The van der Waals surface area contributed by atoms with E-state index in [1.54, 1.807) is 35.4 Å². The van der Waals surface area contributed by atoms with Crippen LogP contribution in [0, 0.1) is 0 Å². The van der Waals surface area contributed by atoms with E-state index >= 15 is 0 Å². The molecule has 4 rings (SSSR count). The lowest BCUT2D eigenvalue weighted by Crippen LogP contribution is -2.16. The number of nitrogens with zero attached hydrogens (tertiary/aromatic N) is 3. The lowest BCUT2D eigenvalue weighted by molar-refractivity contribution is -0.114. The summed E-state index contributed by atoms with van der Waals surface area (Å²) in [5, 5.41) is 9.61. The number of thiazole rings is 1. The van der Waals surface area contributed by atoms with Gasteiger partial charge in [-0.25, -0.2) is 14.8 Å². The van der Waals surface area contributed by atoms with E-state index in [4.69, 9.17) is 9.47 Å². The molecule has 10 heteroatoms. The minimum atomic E-state index is -0.547. The van der Waals surface area contributed by atoms with E-state index in [2.05, 4.69) is 20.6 Å². The van der Waals surface area contributed by atoms with Gasteiger partial charge in [0.2, 0.25) is 5.91 Å². The van der Waals surface area contributed by atoms with E-state index in [1.807, 2.05) is 35.7 Å². The predicted octanol–water partition coefficient (Wildman–Crippen LogP) is 4.10. The Morgan fingerprint density at radius 3 is 2.59 bits per heavy atom. The van der Waals surface area contributed by atoms with Crippen LogP contribution in [0.3, 0.4) is 0 Å². The van der Waals surface area contributed by atoms with Crippen LogP contribution in [0.25, 0.3) is 11.0 Å². The molecule has 176 valence electrons. The van der Waals surface area contributed by atoms with Gasteiger partial charge in [0.05, 0.1) is 38.3 Å². The molecule has 34 heavy (non-hydrogen) atoms. The van der Waals surface area contributed by atoms with Gasteiger partial charge < -0.3 is 24.7 Å². The average molecular weight is 480 g/mol. The normalized spacial score (nSPS) is 10.8. The number of pyridine rings is 1. The molecule has 0 unspecified atom stereocenters. The van der Waals surface area contributed by atoms with Crippen molar-refractivity contribution in [3.05, 3.63) is 64.4 Å². The average Bonchev–Trinajstić information content (AvgIpc) is 3.47. The summed E-state index contributed by atoms with van der Waals surface area (Å²) in [7, 11) is 2.94. The molecule has 0 aliphatic rings. The molecule has 0 aliphatic heterocycles. The number of rotatable bonds is 9. The summed E-state index contributed by atoms with van der Waals surface area (Å²) < 4.78 is 12.1. The fourth-order valence-corrected chi connectivity index (χ4v) is 4.26.